The van der Waals surface area contributed by atoms with Crippen molar-refractivity contribution in [1.29, 1.82) is 0 Å². The van der Waals surface area contributed by atoms with Crippen LogP contribution in [-0.2, 0) is 17.9 Å². The van der Waals surface area contributed by atoms with E-state index in [9.17, 15) is 4.79 Å². The molecule has 0 unspecified atom stereocenters. The van der Waals surface area contributed by atoms with E-state index in [1.807, 2.05) is 0 Å². The predicted molar refractivity (Wildman–Crippen MR) is 113 cm³/mol. The van der Waals surface area contributed by atoms with Crippen molar-refractivity contribution >= 4 is 5.91 Å². The minimum absolute atomic E-state index is 0.183. The van der Waals surface area contributed by atoms with Gasteiger partial charge in [-0.05, 0) is 36.8 Å². The molecule has 1 saturated carbocycles. The summed E-state index contributed by atoms with van der Waals surface area (Å²) in [7, 11) is 0. The minimum atomic E-state index is 0.183. The third kappa shape index (κ3) is 5.00. The van der Waals surface area contributed by atoms with Gasteiger partial charge < -0.3 is 5.32 Å². The van der Waals surface area contributed by atoms with Gasteiger partial charge in [-0.15, -0.1) is 0 Å². The van der Waals surface area contributed by atoms with E-state index in [1.54, 1.807) is 0 Å². The van der Waals surface area contributed by atoms with Crippen molar-refractivity contribution in [1.82, 2.24) is 15.1 Å². The molecular formula is C24H31N3O. The SMILES string of the molecule is O=C1CN([C@H]2CC[C@H](N(Cc3ccccc3)Cc3ccccc3)CC2)CCN1. The predicted octanol–water partition coefficient (Wildman–Crippen LogP) is 3.43. The van der Waals surface area contributed by atoms with E-state index in [2.05, 4.69) is 75.8 Å². The Balaban J connectivity index is 1.41. The van der Waals surface area contributed by atoms with Gasteiger partial charge in [0.2, 0.25) is 5.91 Å². The molecule has 1 N–H and O–H groups in total. The molecule has 2 aromatic carbocycles. The molecule has 4 heteroatoms. The lowest BCUT2D eigenvalue weighted by Gasteiger charge is -2.41. The lowest BCUT2D eigenvalue weighted by atomic mass is 9.88. The minimum Gasteiger partial charge on any atom is -0.354 e. The number of piperazine rings is 1. The molecule has 4 rings (SSSR count). The molecule has 0 aromatic heterocycles. The first-order chi connectivity index (χ1) is 13.8. The van der Waals surface area contributed by atoms with Gasteiger partial charge in [-0.25, -0.2) is 0 Å². The van der Waals surface area contributed by atoms with Crippen molar-refractivity contribution in [3.05, 3.63) is 71.8 Å². The van der Waals surface area contributed by atoms with Crippen LogP contribution in [0.5, 0.6) is 0 Å². The van der Waals surface area contributed by atoms with Crippen LogP contribution >= 0.6 is 0 Å². The van der Waals surface area contributed by atoms with Gasteiger partial charge in [0.1, 0.15) is 0 Å². The lowest BCUT2D eigenvalue weighted by molar-refractivity contribution is -0.125. The topological polar surface area (TPSA) is 35.6 Å². The van der Waals surface area contributed by atoms with Crippen molar-refractivity contribution in [2.24, 2.45) is 0 Å². The van der Waals surface area contributed by atoms with Crippen LogP contribution in [0.3, 0.4) is 0 Å². The standard InChI is InChI=1S/C24H31N3O/c28-24-19-26(16-15-25-24)22-11-13-23(14-12-22)27(17-20-7-3-1-4-8-20)18-21-9-5-2-6-10-21/h1-10,22-23H,11-19H2,(H,25,28)/t22-,23-. The molecule has 0 bridgehead atoms. The first-order valence-electron chi connectivity index (χ1n) is 10.6. The van der Waals surface area contributed by atoms with Gasteiger partial charge in [-0.1, -0.05) is 60.7 Å². The first kappa shape index (κ1) is 19.2. The fourth-order valence-electron chi connectivity index (χ4n) is 4.71. The second-order valence-corrected chi connectivity index (χ2v) is 8.16. The quantitative estimate of drug-likeness (QED) is 0.838. The molecule has 2 aromatic rings. The van der Waals surface area contributed by atoms with E-state index in [-0.39, 0.29) is 5.91 Å². The molecule has 1 amide bonds. The molecule has 28 heavy (non-hydrogen) atoms. The maximum absolute atomic E-state index is 11.7. The molecule has 0 radical (unpaired) electrons. The number of carbonyl (C=O) groups is 1. The number of nitrogens with zero attached hydrogens (tertiary/aromatic N) is 2. The molecule has 1 aliphatic heterocycles. The third-order valence-corrected chi connectivity index (χ3v) is 6.22. The van der Waals surface area contributed by atoms with Crippen LogP contribution in [-0.4, -0.2) is 47.4 Å². The number of benzene rings is 2. The highest BCUT2D eigenvalue weighted by atomic mass is 16.2. The van der Waals surface area contributed by atoms with E-state index in [0.29, 0.717) is 18.6 Å². The van der Waals surface area contributed by atoms with Gasteiger partial charge in [0.05, 0.1) is 6.54 Å². The molecule has 0 atom stereocenters. The summed E-state index contributed by atoms with van der Waals surface area (Å²) in [6.45, 7) is 4.37. The third-order valence-electron chi connectivity index (χ3n) is 6.22. The summed E-state index contributed by atoms with van der Waals surface area (Å²) >= 11 is 0. The van der Waals surface area contributed by atoms with Gasteiger partial charge >= 0.3 is 0 Å². The maximum Gasteiger partial charge on any atom is 0.234 e. The number of carbonyl (C=O) groups excluding carboxylic acids is 1. The summed E-state index contributed by atoms with van der Waals surface area (Å²) < 4.78 is 0. The van der Waals surface area contributed by atoms with Crippen molar-refractivity contribution < 1.29 is 4.79 Å². The number of amides is 1. The smallest absolute Gasteiger partial charge is 0.234 e. The van der Waals surface area contributed by atoms with Crippen LogP contribution in [0.4, 0.5) is 0 Å². The maximum atomic E-state index is 11.7. The average Bonchev–Trinajstić information content (AvgIpc) is 2.75. The molecular weight excluding hydrogens is 346 g/mol. The number of hydrogen-bond acceptors (Lipinski definition) is 3. The molecule has 0 spiro atoms. The molecule has 1 saturated heterocycles. The first-order valence-corrected chi connectivity index (χ1v) is 10.6. The molecule has 1 heterocycles. The fourth-order valence-corrected chi connectivity index (χ4v) is 4.71. The van der Waals surface area contributed by atoms with Crippen LogP contribution < -0.4 is 5.32 Å². The van der Waals surface area contributed by atoms with Crippen molar-refractivity contribution in [3.63, 3.8) is 0 Å². The summed E-state index contributed by atoms with van der Waals surface area (Å²) in [5.74, 6) is 0.183. The number of rotatable bonds is 6. The molecule has 4 nitrogen and oxygen atoms in total. The van der Waals surface area contributed by atoms with Gasteiger partial charge in [-0.3, -0.25) is 14.6 Å². The highest BCUT2D eigenvalue weighted by Gasteiger charge is 2.31. The summed E-state index contributed by atoms with van der Waals surface area (Å²) in [4.78, 5) is 16.8. The zero-order valence-corrected chi connectivity index (χ0v) is 16.6. The molecule has 148 valence electrons. The molecule has 2 fully saturated rings. The Hall–Kier alpha value is -2.17. The van der Waals surface area contributed by atoms with Crippen LogP contribution in [0.2, 0.25) is 0 Å². The van der Waals surface area contributed by atoms with Gasteiger partial charge in [-0.2, -0.15) is 0 Å². The Kier molecular flexibility index (Phi) is 6.40. The highest BCUT2D eigenvalue weighted by molar-refractivity contribution is 5.78. The fraction of sp³-hybridized carbons (Fsp3) is 0.458. The molecule has 2 aliphatic rings. The number of nitrogens with one attached hydrogen (secondary N) is 1. The van der Waals surface area contributed by atoms with Crippen LogP contribution in [0, 0.1) is 0 Å². The van der Waals surface area contributed by atoms with Gasteiger partial charge in [0.15, 0.2) is 0 Å². The summed E-state index contributed by atoms with van der Waals surface area (Å²) in [5.41, 5.74) is 2.77. The average molecular weight is 378 g/mol. The summed E-state index contributed by atoms with van der Waals surface area (Å²) in [6, 6.07) is 22.8. The largest absolute Gasteiger partial charge is 0.354 e. The van der Waals surface area contributed by atoms with Gasteiger partial charge in [0, 0.05) is 38.3 Å². The van der Waals surface area contributed by atoms with Crippen LogP contribution in [0.25, 0.3) is 0 Å². The van der Waals surface area contributed by atoms with E-state index in [4.69, 9.17) is 0 Å². The lowest BCUT2D eigenvalue weighted by Crippen LogP contribution is -2.53. The van der Waals surface area contributed by atoms with E-state index in [0.717, 1.165) is 26.2 Å². The summed E-state index contributed by atoms with van der Waals surface area (Å²) in [5, 5.41) is 2.94. The van der Waals surface area contributed by atoms with E-state index < -0.39 is 0 Å². The van der Waals surface area contributed by atoms with E-state index in [1.165, 1.54) is 36.8 Å². The molecule has 1 aliphatic carbocycles. The Bertz CT molecular complexity index is 699. The van der Waals surface area contributed by atoms with Gasteiger partial charge in [0.25, 0.3) is 0 Å². The monoisotopic (exact) mass is 377 g/mol. The van der Waals surface area contributed by atoms with Crippen molar-refractivity contribution in [3.8, 4) is 0 Å². The van der Waals surface area contributed by atoms with Crippen LogP contribution in [0.1, 0.15) is 36.8 Å². The zero-order valence-electron chi connectivity index (χ0n) is 16.6. The Morgan fingerprint density at radius 1 is 0.857 bits per heavy atom. The number of hydrogen-bond donors (Lipinski definition) is 1. The van der Waals surface area contributed by atoms with E-state index >= 15 is 0 Å². The normalized spacial score (nSPS) is 23.5. The van der Waals surface area contributed by atoms with Crippen LogP contribution in [0.15, 0.2) is 60.7 Å². The Labute approximate surface area is 168 Å². The summed E-state index contributed by atoms with van der Waals surface area (Å²) in [6.07, 6.45) is 4.81. The highest BCUT2D eigenvalue weighted by Crippen LogP contribution is 2.29. The Morgan fingerprint density at radius 2 is 1.43 bits per heavy atom. The van der Waals surface area contributed by atoms with Crippen molar-refractivity contribution in [2.75, 3.05) is 19.6 Å². The zero-order chi connectivity index (χ0) is 19.2. The second-order valence-electron chi connectivity index (χ2n) is 8.16. The van der Waals surface area contributed by atoms with Crippen molar-refractivity contribution in [2.45, 2.75) is 50.9 Å². The second kappa shape index (κ2) is 9.35. The Morgan fingerprint density at radius 3 is 1.96 bits per heavy atom.